The summed E-state index contributed by atoms with van der Waals surface area (Å²) in [6.45, 7) is 4.23. The van der Waals surface area contributed by atoms with Crippen LogP contribution in [0.3, 0.4) is 0 Å². The topological polar surface area (TPSA) is 75.6 Å². The van der Waals surface area contributed by atoms with Gasteiger partial charge in [-0.15, -0.1) is 0 Å². The summed E-state index contributed by atoms with van der Waals surface area (Å²) in [6, 6.07) is 13.0. The number of benzene rings is 1. The van der Waals surface area contributed by atoms with Gasteiger partial charge in [-0.3, -0.25) is 14.6 Å². The number of piperidine rings is 1. The molecule has 0 radical (unpaired) electrons. The van der Waals surface area contributed by atoms with Crippen LogP contribution in [0.25, 0.3) is 10.9 Å². The molecule has 32 heavy (non-hydrogen) atoms. The highest BCUT2D eigenvalue weighted by Crippen LogP contribution is 2.33. The molecule has 0 aliphatic carbocycles. The van der Waals surface area contributed by atoms with E-state index in [1.807, 2.05) is 47.1 Å². The fourth-order valence-corrected chi connectivity index (χ4v) is 4.95. The van der Waals surface area contributed by atoms with Crippen LogP contribution in [0.15, 0.2) is 54.9 Å². The second-order valence-electron chi connectivity index (χ2n) is 8.38. The zero-order valence-electron chi connectivity index (χ0n) is 18.1. The molecule has 0 saturated carbocycles. The van der Waals surface area contributed by atoms with Crippen LogP contribution in [-0.4, -0.2) is 63.9 Å². The van der Waals surface area contributed by atoms with Crippen LogP contribution in [0.1, 0.15) is 40.5 Å². The zero-order valence-corrected chi connectivity index (χ0v) is 18.1. The number of nitrogens with zero attached hydrogens (tertiary/aromatic N) is 4. The first-order chi connectivity index (χ1) is 15.7. The van der Waals surface area contributed by atoms with Gasteiger partial charge in [0.25, 0.3) is 11.8 Å². The van der Waals surface area contributed by atoms with Gasteiger partial charge in [-0.1, -0.05) is 6.07 Å². The minimum atomic E-state index is -0.0673. The number of rotatable bonds is 4. The van der Waals surface area contributed by atoms with E-state index in [2.05, 4.69) is 9.97 Å². The molecule has 164 valence electrons. The van der Waals surface area contributed by atoms with Crippen LogP contribution >= 0.6 is 0 Å². The van der Waals surface area contributed by atoms with Crippen molar-refractivity contribution >= 4 is 22.7 Å². The number of carbonyl (C=O) groups is 2. The molecule has 0 unspecified atom stereocenters. The minimum absolute atomic E-state index is 0.00827. The summed E-state index contributed by atoms with van der Waals surface area (Å²) < 4.78 is 5.58. The molecule has 0 N–H and O–H groups in total. The van der Waals surface area contributed by atoms with E-state index >= 15 is 0 Å². The van der Waals surface area contributed by atoms with Gasteiger partial charge in [0.1, 0.15) is 5.56 Å². The van der Waals surface area contributed by atoms with E-state index < -0.39 is 0 Å². The molecule has 2 fully saturated rings. The molecule has 1 aromatic carbocycles. The van der Waals surface area contributed by atoms with Crippen molar-refractivity contribution in [2.45, 2.75) is 25.8 Å². The Morgan fingerprint density at radius 1 is 1.06 bits per heavy atom. The molecule has 5 rings (SSSR count). The van der Waals surface area contributed by atoms with E-state index in [1.165, 1.54) is 0 Å². The van der Waals surface area contributed by atoms with E-state index in [0.29, 0.717) is 43.2 Å². The summed E-state index contributed by atoms with van der Waals surface area (Å²) in [6.07, 6.45) is 5.33. The molecule has 2 aliphatic rings. The lowest BCUT2D eigenvalue weighted by Gasteiger charge is -2.37. The van der Waals surface area contributed by atoms with Crippen molar-refractivity contribution in [3.05, 3.63) is 66.0 Å². The normalized spacial score (nSPS) is 20.3. The number of ether oxygens (including phenoxy) is 1. The second-order valence-corrected chi connectivity index (χ2v) is 8.38. The highest BCUT2D eigenvalue weighted by atomic mass is 16.5. The van der Waals surface area contributed by atoms with Crippen molar-refractivity contribution in [1.29, 1.82) is 0 Å². The van der Waals surface area contributed by atoms with Crippen molar-refractivity contribution in [3.8, 4) is 5.88 Å². The molecular weight excluding hydrogens is 404 g/mol. The van der Waals surface area contributed by atoms with Crippen molar-refractivity contribution in [3.63, 3.8) is 0 Å². The van der Waals surface area contributed by atoms with Gasteiger partial charge in [0, 0.05) is 43.0 Å². The molecule has 7 heteroatoms. The standard InChI is InChI=1S/C25H26N4O3/c1-2-32-23-20(8-4-12-27-23)25(31)29-13-5-7-19-15-28(16-22(19)29)24(30)18-9-10-21-17(14-18)6-3-11-26-21/h3-4,6,8-12,14,19,22H,2,5,7,13,15-16H2,1H3/t19-,22+/m0/s1. The lowest BCUT2D eigenvalue weighted by atomic mass is 9.91. The third kappa shape index (κ3) is 3.68. The number of amides is 2. The molecule has 2 aromatic heterocycles. The van der Waals surface area contributed by atoms with Gasteiger partial charge in [-0.2, -0.15) is 0 Å². The summed E-state index contributed by atoms with van der Waals surface area (Å²) in [5.74, 6) is 0.597. The maximum Gasteiger partial charge on any atom is 0.259 e. The quantitative estimate of drug-likeness (QED) is 0.634. The lowest BCUT2D eigenvalue weighted by Crippen LogP contribution is -2.48. The Morgan fingerprint density at radius 3 is 2.78 bits per heavy atom. The molecular formula is C25H26N4O3. The Hall–Kier alpha value is -3.48. The molecule has 0 spiro atoms. The third-order valence-corrected chi connectivity index (χ3v) is 6.46. The van der Waals surface area contributed by atoms with Gasteiger partial charge in [-0.05, 0) is 62.1 Å². The fourth-order valence-electron chi connectivity index (χ4n) is 4.95. The van der Waals surface area contributed by atoms with Crippen LogP contribution in [0.2, 0.25) is 0 Å². The van der Waals surface area contributed by atoms with Crippen LogP contribution < -0.4 is 4.74 Å². The Kier molecular flexibility index (Phi) is 5.47. The van der Waals surface area contributed by atoms with Crippen LogP contribution in [0.4, 0.5) is 0 Å². The maximum absolute atomic E-state index is 13.4. The van der Waals surface area contributed by atoms with Crippen LogP contribution in [-0.2, 0) is 0 Å². The number of hydrogen-bond acceptors (Lipinski definition) is 5. The number of carbonyl (C=O) groups excluding carboxylic acids is 2. The lowest BCUT2D eigenvalue weighted by molar-refractivity contribution is 0.0559. The monoisotopic (exact) mass is 430 g/mol. The largest absolute Gasteiger partial charge is 0.477 e. The predicted molar refractivity (Wildman–Crippen MR) is 121 cm³/mol. The van der Waals surface area contributed by atoms with Gasteiger partial charge < -0.3 is 14.5 Å². The van der Waals surface area contributed by atoms with Gasteiger partial charge in [0.05, 0.1) is 18.2 Å². The first kappa shape index (κ1) is 20.4. The smallest absolute Gasteiger partial charge is 0.259 e. The summed E-state index contributed by atoms with van der Waals surface area (Å²) >= 11 is 0. The summed E-state index contributed by atoms with van der Waals surface area (Å²) in [5, 5.41) is 0.951. The first-order valence-corrected chi connectivity index (χ1v) is 11.2. The molecule has 4 heterocycles. The number of fused-ring (bicyclic) bond motifs is 2. The Morgan fingerprint density at radius 2 is 1.91 bits per heavy atom. The molecule has 7 nitrogen and oxygen atoms in total. The summed E-state index contributed by atoms with van der Waals surface area (Å²) in [4.78, 5) is 39.1. The summed E-state index contributed by atoms with van der Waals surface area (Å²) in [5.41, 5.74) is 2.02. The first-order valence-electron chi connectivity index (χ1n) is 11.2. The van der Waals surface area contributed by atoms with E-state index in [0.717, 1.165) is 23.7 Å². The van der Waals surface area contributed by atoms with Crippen molar-refractivity contribution in [2.75, 3.05) is 26.2 Å². The molecule has 0 bridgehead atoms. The van der Waals surface area contributed by atoms with Crippen LogP contribution in [0.5, 0.6) is 5.88 Å². The molecule has 2 amide bonds. The van der Waals surface area contributed by atoms with Crippen molar-refractivity contribution in [2.24, 2.45) is 5.92 Å². The maximum atomic E-state index is 13.4. The van der Waals surface area contributed by atoms with E-state index in [1.54, 1.807) is 24.5 Å². The molecule has 2 atom stereocenters. The zero-order chi connectivity index (χ0) is 22.1. The Bertz CT molecular complexity index is 1160. The SMILES string of the molecule is CCOc1ncccc1C(=O)N1CCC[C@H]2CN(C(=O)c3ccc4ncccc4c3)C[C@H]21. The number of aromatic nitrogens is 2. The van der Waals surface area contributed by atoms with E-state index in [-0.39, 0.29) is 23.8 Å². The fraction of sp³-hybridized carbons (Fsp3) is 0.360. The summed E-state index contributed by atoms with van der Waals surface area (Å²) in [7, 11) is 0. The number of pyridine rings is 2. The van der Waals surface area contributed by atoms with Crippen molar-refractivity contribution < 1.29 is 14.3 Å². The van der Waals surface area contributed by atoms with E-state index in [9.17, 15) is 9.59 Å². The highest BCUT2D eigenvalue weighted by molar-refractivity contribution is 5.99. The Balaban J connectivity index is 1.37. The molecule has 2 aliphatic heterocycles. The Labute approximate surface area is 187 Å². The van der Waals surface area contributed by atoms with E-state index in [4.69, 9.17) is 4.74 Å². The van der Waals surface area contributed by atoms with Gasteiger partial charge in [0.15, 0.2) is 0 Å². The van der Waals surface area contributed by atoms with Crippen LogP contribution in [0, 0.1) is 5.92 Å². The van der Waals surface area contributed by atoms with Gasteiger partial charge >= 0.3 is 0 Å². The minimum Gasteiger partial charge on any atom is -0.477 e. The third-order valence-electron chi connectivity index (χ3n) is 6.46. The average Bonchev–Trinajstić information content (AvgIpc) is 3.28. The number of hydrogen-bond donors (Lipinski definition) is 0. The second kappa shape index (κ2) is 8.57. The van der Waals surface area contributed by atoms with Gasteiger partial charge in [-0.25, -0.2) is 4.98 Å². The van der Waals surface area contributed by atoms with Gasteiger partial charge in [0.2, 0.25) is 5.88 Å². The molecule has 3 aromatic rings. The predicted octanol–water partition coefficient (Wildman–Crippen LogP) is 3.41. The van der Waals surface area contributed by atoms with Crippen molar-refractivity contribution in [1.82, 2.24) is 19.8 Å². The highest BCUT2D eigenvalue weighted by Gasteiger charge is 2.43. The number of likely N-dealkylation sites (tertiary alicyclic amines) is 2. The molecule has 2 saturated heterocycles. The average molecular weight is 431 g/mol.